The molecule has 0 spiro atoms. The molecule has 0 amide bonds. The third-order valence-electron chi connectivity index (χ3n) is 3.13. The van der Waals surface area contributed by atoms with Crippen LogP contribution in [0.2, 0.25) is 0 Å². The molecule has 1 aromatic heterocycles. The Morgan fingerprint density at radius 2 is 1.50 bits per heavy atom. The topological polar surface area (TPSA) is 67.8 Å². The highest BCUT2D eigenvalue weighted by atomic mass is 14.7. The van der Waals surface area contributed by atoms with Crippen LogP contribution >= 0.6 is 0 Å². The zero-order valence-electron chi connectivity index (χ0n) is 12.7. The Kier molecular flexibility index (Phi) is 5.44. The SMILES string of the molecule is Cc1ccc[nH]1.Nc1ccc(C=Cc2ccccc2)cc1N. The molecule has 0 radical (unpaired) electrons. The van der Waals surface area contributed by atoms with E-state index >= 15 is 0 Å². The second-order valence-corrected chi connectivity index (χ2v) is 4.99. The molecule has 0 aliphatic heterocycles. The molecule has 0 atom stereocenters. The number of aromatic nitrogens is 1. The number of rotatable bonds is 2. The van der Waals surface area contributed by atoms with Gasteiger partial charge < -0.3 is 16.5 Å². The van der Waals surface area contributed by atoms with Crippen molar-refractivity contribution in [3.63, 3.8) is 0 Å². The Bertz CT molecular complexity index is 714. The smallest absolute Gasteiger partial charge is 0.0553 e. The second-order valence-electron chi connectivity index (χ2n) is 4.99. The number of nitrogens with two attached hydrogens (primary N) is 2. The van der Waals surface area contributed by atoms with Crippen molar-refractivity contribution in [2.24, 2.45) is 0 Å². The average Bonchev–Trinajstić information content (AvgIpc) is 3.01. The second kappa shape index (κ2) is 7.74. The normalized spacial score (nSPS) is 10.2. The lowest BCUT2D eigenvalue weighted by molar-refractivity contribution is 1.27. The van der Waals surface area contributed by atoms with E-state index in [-0.39, 0.29) is 0 Å². The summed E-state index contributed by atoms with van der Waals surface area (Å²) in [5.74, 6) is 0. The number of hydrogen-bond acceptors (Lipinski definition) is 2. The van der Waals surface area contributed by atoms with Crippen molar-refractivity contribution in [3.8, 4) is 0 Å². The summed E-state index contributed by atoms with van der Waals surface area (Å²) in [7, 11) is 0. The molecule has 0 aliphatic carbocycles. The number of H-pyrrole nitrogens is 1. The minimum absolute atomic E-state index is 0.621. The van der Waals surface area contributed by atoms with Crippen LogP contribution in [0.5, 0.6) is 0 Å². The van der Waals surface area contributed by atoms with Crippen LogP contribution in [0.1, 0.15) is 16.8 Å². The summed E-state index contributed by atoms with van der Waals surface area (Å²) in [6.45, 7) is 2.03. The number of hydrogen-bond donors (Lipinski definition) is 3. The van der Waals surface area contributed by atoms with Gasteiger partial charge in [0.05, 0.1) is 11.4 Å². The van der Waals surface area contributed by atoms with E-state index in [2.05, 4.69) is 17.1 Å². The molecule has 0 bridgehead atoms. The average molecular weight is 291 g/mol. The molecule has 5 N–H and O–H groups in total. The van der Waals surface area contributed by atoms with E-state index in [1.54, 1.807) is 0 Å². The molecule has 3 nitrogen and oxygen atoms in total. The number of aryl methyl sites for hydroxylation is 1. The highest BCUT2D eigenvalue weighted by Crippen LogP contribution is 2.17. The largest absolute Gasteiger partial charge is 0.397 e. The maximum absolute atomic E-state index is 5.73. The molecule has 22 heavy (non-hydrogen) atoms. The molecule has 0 aliphatic rings. The highest BCUT2D eigenvalue weighted by molar-refractivity contribution is 5.74. The van der Waals surface area contributed by atoms with Gasteiger partial charge in [0, 0.05) is 11.9 Å². The van der Waals surface area contributed by atoms with Gasteiger partial charge in [0.1, 0.15) is 0 Å². The Labute approximate surface area is 131 Å². The van der Waals surface area contributed by atoms with Crippen molar-refractivity contribution in [3.05, 3.63) is 83.7 Å². The Balaban J connectivity index is 0.000000246. The van der Waals surface area contributed by atoms with Crippen LogP contribution in [0.3, 0.4) is 0 Å². The lowest BCUT2D eigenvalue weighted by Gasteiger charge is -2.00. The van der Waals surface area contributed by atoms with Gasteiger partial charge in [-0.1, -0.05) is 48.6 Å². The van der Waals surface area contributed by atoms with Gasteiger partial charge in [0.2, 0.25) is 0 Å². The van der Waals surface area contributed by atoms with Crippen LogP contribution in [-0.2, 0) is 0 Å². The molecular weight excluding hydrogens is 270 g/mol. The number of nitrogen functional groups attached to an aromatic ring is 2. The Morgan fingerprint density at radius 1 is 0.773 bits per heavy atom. The van der Waals surface area contributed by atoms with Crippen molar-refractivity contribution >= 4 is 23.5 Å². The molecule has 0 fully saturated rings. The van der Waals surface area contributed by atoms with E-state index in [1.807, 2.05) is 73.8 Å². The predicted octanol–water partition coefficient (Wildman–Crippen LogP) is 4.34. The first kappa shape index (κ1) is 15.4. The zero-order chi connectivity index (χ0) is 15.8. The maximum Gasteiger partial charge on any atom is 0.0553 e. The molecule has 0 saturated heterocycles. The van der Waals surface area contributed by atoms with Gasteiger partial charge in [0.25, 0.3) is 0 Å². The van der Waals surface area contributed by atoms with Crippen LogP contribution in [-0.4, -0.2) is 4.98 Å². The Hall–Kier alpha value is -2.94. The van der Waals surface area contributed by atoms with Gasteiger partial charge in [-0.2, -0.15) is 0 Å². The van der Waals surface area contributed by atoms with Crippen LogP contribution < -0.4 is 11.5 Å². The summed E-state index contributed by atoms with van der Waals surface area (Å²) >= 11 is 0. The first-order valence-corrected chi connectivity index (χ1v) is 7.13. The number of aromatic amines is 1. The number of benzene rings is 2. The van der Waals surface area contributed by atoms with Crippen molar-refractivity contribution in [2.45, 2.75) is 6.92 Å². The summed E-state index contributed by atoms with van der Waals surface area (Å²) in [4.78, 5) is 3.00. The van der Waals surface area contributed by atoms with Gasteiger partial charge in [0.15, 0.2) is 0 Å². The fraction of sp³-hybridized carbons (Fsp3) is 0.0526. The van der Waals surface area contributed by atoms with Gasteiger partial charge in [-0.05, 0) is 42.3 Å². The summed E-state index contributed by atoms with van der Waals surface area (Å²) in [5, 5.41) is 0. The molecule has 0 saturated carbocycles. The first-order valence-electron chi connectivity index (χ1n) is 7.13. The summed E-state index contributed by atoms with van der Waals surface area (Å²) in [6, 6.07) is 19.8. The standard InChI is InChI=1S/C14H14N2.C5H7N/c15-13-9-8-12(10-14(13)16)7-6-11-4-2-1-3-5-11;1-5-3-2-4-6-5/h1-10H,15-16H2;2-4,6H,1H3. The molecule has 3 rings (SSSR count). The highest BCUT2D eigenvalue weighted by Gasteiger charge is 1.93. The van der Waals surface area contributed by atoms with Crippen LogP contribution in [0.4, 0.5) is 11.4 Å². The molecule has 3 heteroatoms. The summed E-state index contributed by atoms with van der Waals surface area (Å²) in [6.07, 6.45) is 5.98. The van der Waals surface area contributed by atoms with E-state index in [1.165, 1.54) is 5.69 Å². The van der Waals surface area contributed by atoms with Crippen molar-refractivity contribution in [1.82, 2.24) is 4.98 Å². The van der Waals surface area contributed by atoms with Gasteiger partial charge >= 0.3 is 0 Å². The van der Waals surface area contributed by atoms with Crippen LogP contribution in [0, 0.1) is 6.92 Å². The lowest BCUT2D eigenvalue weighted by Crippen LogP contribution is -1.93. The molecule has 1 heterocycles. The minimum Gasteiger partial charge on any atom is -0.397 e. The van der Waals surface area contributed by atoms with E-state index in [9.17, 15) is 0 Å². The first-order chi connectivity index (χ1) is 10.6. The Morgan fingerprint density at radius 3 is 2.05 bits per heavy atom. The molecule has 2 aromatic carbocycles. The monoisotopic (exact) mass is 291 g/mol. The van der Waals surface area contributed by atoms with E-state index in [4.69, 9.17) is 11.5 Å². The lowest BCUT2D eigenvalue weighted by atomic mass is 10.1. The quantitative estimate of drug-likeness (QED) is 0.485. The third kappa shape index (κ3) is 4.87. The van der Waals surface area contributed by atoms with Crippen molar-refractivity contribution in [2.75, 3.05) is 11.5 Å². The molecule has 3 aromatic rings. The summed E-state index contributed by atoms with van der Waals surface area (Å²) in [5.41, 5.74) is 16.1. The zero-order valence-corrected chi connectivity index (χ0v) is 12.7. The van der Waals surface area contributed by atoms with Gasteiger partial charge in [-0.3, -0.25) is 0 Å². The third-order valence-corrected chi connectivity index (χ3v) is 3.13. The van der Waals surface area contributed by atoms with Gasteiger partial charge in [-0.15, -0.1) is 0 Å². The minimum atomic E-state index is 0.621. The maximum atomic E-state index is 5.73. The van der Waals surface area contributed by atoms with Crippen molar-refractivity contribution < 1.29 is 0 Å². The fourth-order valence-electron chi connectivity index (χ4n) is 1.87. The predicted molar refractivity (Wildman–Crippen MR) is 96.2 cm³/mol. The van der Waals surface area contributed by atoms with E-state index in [0.717, 1.165) is 11.1 Å². The summed E-state index contributed by atoms with van der Waals surface area (Å²) < 4.78 is 0. The molecular formula is C19H21N3. The van der Waals surface area contributed by atoms with Crippen molar-refractivity contribution in [1.29, 1.82) is 0 Å². The molecule has 112 valence electrons. The fourth-order valence-corrected chi connectivity index (χ4v) is 1.87. The van der Waals surface area contributed by atoms with Gasteiger partial charge in [-0.25, -0.2) is 0 Å². The van der Waals surface area contributed by atoms with E-state index in [0.29, 0.717) is 11.4 Å². The molecule has 0 unspecified atom stereocenters. The number of nitrogens with one attached hydrogen (secondary N) is 1. The number of anilines is 2. The van der Waals surface area contributed by atoms with Crippen LogP contribution in [0.25, 0.3) is 12.2 Å². The van der Waals surface area contributed by atoms with E-state index < -0.39 is 0 Å². The van der Waals surface area contributed by atoms with Crippen LogP contribution in [0.15, 0.2) is 66.9 Å².